The maximum Gasteiger partial charge on any atom is 0.244 e. The highest BCUT2D eigenvalue weighted by atomic mass is 16.2. The summed E-state index contributed by atoms with van der Waals surface area (Å²) in [5.41, 5.74) is 4.98. The van der Waals surface area contributed by atoms with Crippen LogP contribution in [0.25, 0.3) is 0 Å². The summed E-state index contributed by atoms with van der Waals surface area (Å²) in [5.74, 6) is -0.184. The van der Waals surface area contributed by atoms with E-state index in [0.29, 0.717) is 0 Å². The molecule has 1 aliphatic heterocycles. The van der Waals surface area contributed by atoms with Crippen molar-refractivity contribution in [2.45, 2.75) is 52.4 Å². The average molecular weight is 227 g/mol. The Labute approximate surface area is 96.4 Å². The lowest BCUT2D eigenvalue weighted by Crippen LogP contribution is -2.59. The van der Waals surface area contributed by atoms with Gasteiger partial charge in [-0.25, -0.2) is 0 Å². The van der Waals surface area contributed by atoms with Gasteiger partial charge in [-0.05, 0) is 26.7 Å². The van der Waals surface area contributed by atoms with Crippen LogP contribution in [0.3, 0.4) is 0 Å². The molecule has 0 aliphatic carbocycles. The summed E-state index contributed by atoms with van der Waals surface area (Å²) < 4.78 is 0. The van der Waals surface area contributed by atoms with E-state index in [1.165, 1.54) is 0 Å². The lowest BCUT2D eigenvalue weighted by atomic mass is 9.96. The summed E-state index contributed by atoms with van der Waals surface area (Å²) in [5, 5.41) is 2.88. The molecule has 1 heterocycles. The summed E-state index contributed by atoms with van der Waals surface area (Å²) >= 11 is 0. The normalized spacial score (nSPS) is 31.8. The van der Waals surface area contributed by atoms with Gasteiger partial charge in [0.05, 0.1) is 6.04 Å². The Morgan fingerprint density at radius 1 is 1.50 bits per heavy atom. The van der Waals surface area contributed by atoms with Crippen LogP contribution in [-0.2, 0) is 9.59 Å². The lowest BCUT2D eigenvalue weighted by Gasteiger charge is -2.40. The molecule has 1 fully saturated rings. The zero-order chi connectivity index (χ0) is 12.7. The third-order valence-electron chi connectivity index (χ3n) is 3.39. The van der Waals surface area contributed by atoms with Crippen LogP contribution < -0.4 is 11.1 Å². The Morgan fingerprint density at radius 3 is 2.38 bits per heavy atom. The molecule has 92 valence electrons. The summed E-state index contributed by atoms with van der Waals surface area (Å²) in [6.45, 7) is 9.17. The molecule has 0 saturated carbocycles. The number of nitrogens with zero attached hydrogens (tertiary/aromatic N) is 1. The van der Waals surface area contributed by atoms with Gasteiger partial charge in [0, 0.05) is 0 Å². The van der Waals surface area contributed by atoms with E-state index in [9.17, 15) is 9.59 Å². The van der Waals surface area contributed by atoms with Crippen molar-refractivity contribution in [1.29, 1.82) is 0 Å². The molecule has 3 atom stereocenters. The highest BCUT2D eigenvalue weighted by Crippen LogP contribution is 2.30. The molecule has 0 spiro atoms. The van der Waals surface area contributed by atoms with E-state index in [1.54, 1.807) is 18.7 Å². The molecule has 16 heavy (non-hydrogen) atoms. The Balaban J connectivity index is 3.11. The van der Waals surface area contributed by atoms with E-state index >= 15 is 0 Å². The van der Waals surface area contributed by atoms with Gasteiger partial charge in [-0.15, -0.1) is 0 Å². The summed E-state index contributed by atoms with van der Waals surface area (Å²) in [4.78, 5) is 25.3. The highest BCUT2D eigenvalue weighted by Gasteiger charge is 2.50. The first-order chi connectivity index (χ1) is 7.21. The SMILES string of the molecule is CC(N)C(=O)N1C(C)C(=O)NC1(C)C(C)C. The van der Waals surface area contributed by atoms with Gasteiger partial charge in [0.25, 0.3) is 0 Å². The zero-order valence-corrected chi connectivity index (χ0v) is 10.6. The van der Waals surface area contributed by atoms with E-state index in [0.717, 1.165) is 0 Å². The lowest BCUT2D eigenvalue weighted by molar-refractivity contribution is -0.141. The maximum atomic E-state index is 12.0. The van der Waals surface area contributed by atoms with E-state index in [4.69, 9.17) is 5.73 Å². The summed E-state index contributed by atoms with van der Waals surface area (Å²) in [6.07, 6.45) is 0. The molecule has 5 heteroatoms. The highest BCUT2D eigenvalue weighted by molar-refractivity contribution is 5.93. The van der Waals surface area contributed by atoms with Gasteiger partial charge in [-0.3, -0.25) is 9.59 Å². The number of carbonyl (C=O) groups is 2. The fraction of sp³-hybridized carbons (Fsp3) is 0.818. The van der Waals surface area contributed by atoms with Crippen molar-refractivity contribution in [3.63, 3.8) is 0 Å². The third kappa shape index (κ3) is 1.80. The number of rotatable bonds is 2. The molecule has 0 radical (unpaired) electrons. The Bertz CT molecular complexity index is 314. The summed E-state index contributed by atoms with van der Waals surface area (Å²) in [7, 11) is 0. The molecule has 3 N–H and O–H groups in total. The largest absolute Gasteiger partial charge is 0.331 e. The molecule has 1 aliphatic rings. The van der Waals surface area contributed by atoms with Crippen molar-refractivity contribution in [3.8, 4) is 0 Å². The molecule has 0 aromatic rings. The first-order valence-electron chi connectivity index (χ1n) is 5.62. The van der Waals surface area contributed by atoms with Crippen molar-refractivity contribution in [2.24, 2.45) is 11.7 Å². The van der Waals surface area contributed by atoms with E-state index in [2.05, 4.69) is 5.32 Å². The molecule has 0 aromatic heterocycles. The van der Waals surface area contributed by atoms with Gasteiger partial charge in [0.15, 0.2) is 0 Å². The molecule has 5 nitrogen and oxygen atoms in total. The van der Waals surface area contributed by atoms with Crippen LogP contribution >= 0.6 is 0 Å². The smallest absolute Gasteiger partial charge is 0.244 e. The van der Waals surface area contributed by atoms with Crippen LogP contribution in [0.15, 0.2) is 0 Å². The number of nitrogens with one attached hydrogen (secondary N) is 1. The predicted octanol–water partition coefficient (Wildman–Crippen LogP) is 0.0527. The van der Waals surface area contributed by atoms with Gasteiger partial charge in [0.1, 0.15) is 11.7 Å². The Morgan fingerprint density at radius 2 is 2.00 bits per heavy atom. The van der Waals surface area contributed by atoms with Crippen molar-refractivity contribution < 1.29 is 9.59 Å². The second kappa shape index (κ2) is 4.05. The molecule has 1 saturated heterocycles. The standard InChI is InChI=1S/C11H21N3O2/c1-6(2)11(5)13-9(15)8(4)14(11)10(16)7(3)12/h6-8H,12H2,1-5H3,(H,13,15). The Kier molecular flexibility index (Phi) is 3.28. The predicted molar refractivity (Wildman–Crippen MR) is 61.3 cm³/mol. The second-order valence-electron chi connectivity index (χ2n) is 4.96. The van der Waals surface area contributed by atoms with Crippen molar-refractivity contribution >= 4 is 11.8 Å². The minimum absolute atomic E-state index is 0.120. The fourth-order valence-electron chi connectivity index (χ4n) is 2.00. The van der Waals surface area contributed by atoms with E-state index < -0.39 is 17.7 Å². The number of amides is 2. The minimum atomic E-state index is -0.638. The maximum absolute atomic E-state index is 12.0. The first kappa shape index (κ1) is 13.0. The molecule has 0 bridgehead atoms. The van der Waals surface area contributed by atoms with E-state index in [1.807, 2.05) is 20.8 Å². The monoisotopic (exact) mass is 227 g/mol. The second-order valence-corrected chi connectivity index (χ2v) is 4.96. The van der Waals surface area contributed by atoms with Gasteiger partial charge in [-0.2, -0.15) is 0 Å². The van der Waals surface area contributed by atoms with Crippen LogP contribution in [0.2, 0.25) is 0 Å². The van der Waals surface area contributed by atoms with Crippen molar-refractivity contribution in [2.75, 3.05) is 0 Å². The van der Waals surface area contributed by atoms with Crippen molar-refractivity contribution in [1.82, 2.24) is 10.2 Å². The van der Waals surface area contributed by atoms with E-state index in [-0.39, 0.29) is 17.7 Å². The van der Waals surface area contributed by atoms with Gasteiger partial charge in [0.2, 0.25) is 11.8 Å². The number of hydrogen-bond donors (Lipinski definition) is 2. The van der Waals surface area contributed by atoms with Crippen LogP contribution in [0, 0.1) is 5.92 Å². The molecule has 0 aromatic carbocycles. The topological polar surface area (TPSA) is 75.4 Å². The molecule has 1 rings (SSSR count). The Hall–Kier alpha value is -1.10. The number of hydrogen-bond acceptors (Lipinski definition) is 3. The van der Waals surface area contributed by atoms with Gasteiger partial charge in [-0.1, -0.05) is 13.8 Å². The molecular weight excluding hydrogens is 206 g/mol. The fourth-order valence-corrected chi connectivity index (χ4v) is 2.00. The quantitative estimate of drug-likeness (QED) is 0.700. The average Bonchev–Trinajstić information content (AvgIpc) is 2.38. The van der Waals surface area contributed by atoms with Crippen LogP contribution in [0.4, 0.5) is 0 Å². The van der Waals surface area contributed by atoms with Gasteiger partial charge < -0.3 is 16.0 Å². The van der Waals surface area contributed by atoms with Crippen LogP contribution in [-0.4, -0.2) is 34.5 Å². The minimum Gasteiger partial charge on any atom is -0.331 e. The zero-order valence-electron chi connectivity index (χ0n) is 10.6. The van der Waals surface area contributed by atoms with Crippen molar-refractivity contribution in [3.05, 3.63) is 0 Å². The van der Waals surface area contributed by atoms with Crippen LogP contribution in [0.5, 0.6) is 0 Å². The first-order valence-corrected chi connectivity index (χ1v) is 5.62. The molecular formula is C11H21N3O2. The summed E-state index contributed by atoms with van der Waals surface area (Å²) in [6, 6.07) is -1.04. The third-order valence-corrected chi connectivity index (χ3v) is 3.39. The molecule has 3 unspecified atom stereocenters. The number of nitrogens with two attached hydrogens (primary N) is 1. The van der Waals surface area contributed by atoms with Gasteiger partial charge >= 0.3 is 0 Å². The molecule has 2 amide bonds. The number of carbonyl (C=O) groups excluding carboxylic acids is 2. The van der Waals surface area contributed by atoms with Crippen LogP contribution in [0.1, 0.15) is 34.6 Å².